The van der Waals surface area contributed by atoms with Gasteiger partial charge in [-0.2, -0.15) is 0 Å². The van der Waals surface area contributed by atoms with Crippen LogP contribution in [0.15, 0.2) is 30.6 Å². The third-order valence-electron chi connectivity index (χ3n) is 5.92. The number of rotatable bonds is 8. The van der Waals surface area contributed by atoms with Gasteiger partial charge >= 0.3 is 7.60 Å². The maximum absolute atomic E-state index is 14.5. The summed E-state index contributed by atoms with van der Waals surface area (Å²) in [6.45, 7) is 13.9. The quantitative estimate of drug-likeness (QED) is 0.399. The maximum atomic E-state index is 14.5. The number of aromatic nitrogens is 1. The molecule has 2 unspecified atom stereocenters. The number of anilines is 1. The van der Waals surface area contributed by atoms with Crippen molar-refractivity contribution in [2.45, 2.75) is 91.5 Å². The van der Waals surface area contributed by atoms with Crippen molar-refractivity contribution in [1.82, 2.24) is 4.98 Å². The normalized spacial score (nSPS) is 16.9. The lowest BCUT2D eigenvalue weighted by Crippen LogP contribution is -2.30. The van der Waals surface area contributed by atoms with Gasteiger partial charge in [-0.15, -0.1) is 0 Å². The van der Waals surface area contributed by atoms with E-state index in [0.29, 0.717) is 11.5 Å². The zero-order valence-corrected chi connectivity index (χ0v) is 21.9. The Morgan fingerprint density at radius 2 is 1.79 bits per heavy atom. The lowest BCUT2D eigenvalue weighted by molar-refractivity contribution is 0.199. The number of hydrogen-bond donors (Lipinski definition) is 2. The Morgan fingerprint density at radius 3 is 2.33 bits per heavy atom. The van der Waals surface area contributed by atoms with Crippen molar-refractivity contribution in [2.75, 3.05) is 5.32 Å². The standard InChI is InChI=1S/C26H39N2O4P/c1-17(2)25(28-19-11-10-14-27-16-19)33(30,31-18(3)4)32-23-15-22(26(5,6)7)24(29)21-13-9-8-12-20(21)23/h10-11,14-18,25,28-29H,8-9,12-13H2,1-7H3. The minimum atomic E-state index is -3.68. The highest BCUT2D eigenvalue weighted by Crippen LogP contribution is 2.58. The topological polar surface area (TPSA) is 80.7 Å². The molecule has 1 aromatic carbocycles. The number of nitrogens with zero attached hydrogens (tertiary/aromatic N) is 1. The molecule has 0 bridgehead atoms. The second-order valence-electron chi connectivity index (χ2n) is 10.5. The summed E-state index contributed by atoms with van der Waals surface area (Å²) in [5, 5.41) is 14.4. The molecule has 0 fully saturated rings. The SMILES string of the molecule is CC(C)OP(=O)(Oc1cc(C(C)(C)C)c(O)c2c1CCCC2)C(Nc1cccnc1)C(C)C. The predicted molar refractivity (Wildman–Crippen MR) is 134 cm³/mol. The summed E-state index contributed by atoms with van der Waals surface area (Å²) in [4.78, 5) is 4.17. The van der Waals surface area contributed by atoms with Crippen molar-refractivity contribution >= 4 is 13.3 Å². The third kappa shape index (κ3) is 5.91. The number of hydrogen-bond acceptors (Lipinski definition) is 6. The van der Waals surface area contributed by atoms with Gasteiger partial charge in [0.15, 0.2) is 0 Å². The molecule has 33 heavy (non-hydrogen) atoms. The molecule has 1 aromatic heterocycles. The van der Waals surface area contributed by atoms with E-state index in [2.05, 4.69) is 31.1 Å². The van der Waals surface area contributed by atoms with Crippen LogP contribution in [0.4, 0.5) is 5.69 Å². The van der Waals surface area contributed by atoms with Crippen LogP contribution in [-0.2, 0) is 27.3 Å². The average molecular weight is 475 g/mol. The van der Waals surface area contributed by atoms with E-state index in [4.69, 9.17) is 9.05 Å². The number of pyridine rings is 1. The lowest BCUT2D eigenvalue weighted by atomic mass is 9.80. The fraction of sp³-hybridized carbons (Fsp3) is 0.577. The Morgan fingerprint density at radius 1 is 1.12 bits per heavy atom. The molecule has 7 heteroatoms. The maximum Gasteiger partial charge on any atom is 0.401 e. The van der Waals surface area contributed by atoms with Gasteiger partial charge in [-0.1, -0.05) is 34.6 Å². The molecule has 0 radical (unpaired) electrons. The van der Waals surface area contributed by atoms with Crippen LogP contribution in [0.25, 0.3) is 0 Å². The van der Waals surface area contributed by atoms with E-state index in [1.54, 1.807) is 12.4 Å². The second-order valence-corrected chi connectivity index (χ2v) is 12.6. The molecule has 0 spiro atoms. The monoisotopic (exact) mass is 474 g/mol. The van der Waals surface area contributed by atoms with E-state index >= 15 is 0 Å². The second kappa shape index (κ2) is 10.1. The molecular formula is C26H39N2O4P. The highest BCUT2D eigenvalue weighted by Gasteiger charge is 2.42. The first-order valence-electron chi connectivity index (χ1n) is 11.9. The molecule has 182 valence electrons. The zero-order valence-electron chi connectivity index (χ0n) is 21.0. The summed E-state index contributed by atoms with van der Waals surface area (Å²) < 4.78 is 27.0. The molecule has 0 saturated carbocycles. The number of fused-ring (bicyclic) bond motifs is 1. The first kappa shape index (κ1) is 25.6. The fourth-order valence-corrected chi connectivity index (χ4v) is 6.70. The first-order valence-corrected chi connectivity index (χ1v) is 13.6. The van der Waals surface area contributed by atoms with Crippen molar-refractivity contribution in [3.05, 3.63) is 47.3 Å². The van der Waals surface area contributed by atoms with E-state index in [1.807, 2.05) is 45.9 Å². The molecule has 0 aliphatic heterocycles. The van der Waals surface area contributed by atoms with Gasteiger partial charge in [-0.05, 0) is 69.1 Å². The Labute approximate surface area is 198 Å². The van der Waals surface area contributed by atoms with Crippen molar-refractivity contribution < 1.29 is 18.7 Å². The van der Waals surface area contributed by atoms with Crippen LogP contribution < -0.4 is 9.84 Å². The summed E-state index contributed by atoms with van der Waals surface area (Å²) in [5.41, 5.74) is 3.14. The molecule has 6 nitrogen and oxygen atoms in total. The van der Waals surface area contributed by atoms with Crippen molar-refractivity contribution in [3.63, 3.8) is 0 Å². The summed E-state index contributed by atoms with van der Waals surface area (Å²) in [6.07, 6.45) is 6.72. The highest BCUT2D eigenvalue weighted by atomic mass is 31.2. The Hall–Kier alpha value is -2.04. The molecule has 1 heterocycles. The average Bonchev–Trinajstić information content (AvgIpc) is 2.73. The summed E-state index contributed by atoms with van der Waals surface area (Å²) >= 11 is 0. The van der Waals surface area contributed by atoms with Crippen LogP contribution in [-0.4, -0.2) is 22.0 Å². The number of aromatic hydroxyl groups is 1. The van der Waals surface area contributed by atoms with Gasteiger partial charge in [0.1, 0.15) is 17.3 Å². The van der Waals surface area contributed by atoms with Crippen LogP contribution in [0, 0.1) is 5.92 Å². The fourth-order valence-electron chi connectivity index (χ4n) is 4.35. The van der Waals surface area contributed by atoms with Gasteiger partial charge in [0.25, 0.3) is 0 Å². The van der Waals surface area contributed by atoms with Crippen LogP contribution in [0.5, 0.6) is 11.5 Å². The highest BCUT2D eigenvalue weighted by molar-refractivity contribution is 7.55. The van der Waals surface area contributed by atoms with Gasteiger partial charge in [-0.25, -0.2) is 4.57 Å². The minimum absolute atomic E-state index is 0.0372. The lowest BCUT2D eigenvalue weighted by Gasteiger charge is -2.34. The van der Waals surface area contributed by atoms with E-state index < -0.39 is 13.4 Å². The van der Waals surface area contributed by atoms with E-state index in [0.717, 1.165) is 48.1 Å². The Kier molecular flexibility index (Phi) is 7.80. The van der Waals surface area contributed by atoms with Crippen molar-refractivity contribution in [2.24, 2.45) is 5.92 Å². The van der Waals surface area contributed by atoms with E-state index in [1.165, 1.54) is 0 Å². The molecule has 2 atom stereocenters. The van der Waals surface area contributed by atoms with Gasteiger partial charge < -0.3 is 14.9 Å². The molecule has 3 rings (SSSR count). The largest absolute Gasteiger partial charge is 0.507 e. The number of nitrogens with one attached hydrogen (secondary N) is 1. The molecule has 1 aliphatic carbocycles. The molecule has 0 amide bonds. The van der Waals surface area contributed by atoms with Crippen molar-refractivity contribution in [1.29, 1.82) is 0 Å². The van der Waals surface area contributed by atoms with Crippen LogP contribution >= 0.6 is 7.60 Å². The summed E-state index contributed by atoms with van der Waals surface area (Å²) in [6, 6.07) is 5.60. The number of phenolic OH excluding ortho intramolecular Hbond substituents is 1. The van der Waals surface area contributed by atoms with Crippen LogP contribution in [0.1, 0.15) is 78.0 Å². The van der Waals surface area contributed by atoms with Crippen LogP contribution in [0.3, 0.4) is 0 Å². The van der Waals surface area contributed by atoms with Crippen LogP contribution in [0.2, 0.25) is 0 Å². The number of phenols is 1. The Bertz CT molecular complexity index is 1000. The molecule has 1 aliphatic rings. The molecule has 2 aromatic rings. The molecule has 0 saturated heterocycles. The number of benzene rings is 1. The summed E-state index contributed by atoms with van der Waals surface area (Å²) in [7, 11) is -3.68. The van der Waals surface area contributed by atoms with Gasteiger partial charge in [-0.3, -0.25) is 9.51 Å². The zero-order chi connectivity index (χ0) is 24.4. The predicted octanol–water partition coefficient (Wildman–Crippen LogP) is 7.05. The first-order chi connectivity index (χ1) is 15.4. The molecule has 2 N–H and O–H groups in total. The Balaban J connectivity index is 2.11. The van der Waals surface area contributed by atoms with Gasteiger partial charge in [0, 0.05) is 29.1 Å². The third-order valence-corrected chi connectivity index (χ3v) is 8.49. The van der Waals surface area contributed by atoms with E-state index in [9.17, 15) is 9.67 Å². The summed E-state index contributed by atoms with van der Waals surface area (Å²) in [5.74, 6) is 0.299. The van der Waals surface area contributed by atoms with E-state index in [-0.39, 0.29) is 17.4 Å². The van der Waals surface area contributed by atoms with Gasteiger partial charge in [0.05, 0.1) is 11.8 Å². The molecular weight excluding hydrogens is 435 g/mol. The van der Waals surface area contributed by atoms with Crippen molar-refractivity contribution in [3.8, 4) is 11.5 Å². The smallest absolute Gasteiger partial charge is 0.401 e. The minimum Gasteiger partial charge on any atom is -0.507 e. The van der Waals surface area contributed by atoms with Gasteiger partial charge in [0.2, 0.25) is 0 Å².